The third kappa shape index (κ3) is 5.89. The molecular weight excluding hydrogens is 310 g/mol. The minimum atomic E-state index is 0.0942. The van der Waals surface area contributed by atoms with Gasteiger partial charge in [0.2, 0.25) is 5.91 Å². The van der Waals surface area contributed by atoms with E-state index in [0.717, 1.165) is 43.7 Å². The monoisotopic (exact) mass is 340 g/mol. The molecule has 0 saturated carbocycles. The summed E-state index contributed by atoms with van der Waals surface area (Å²) in [6, 6.07) is 12.3. The number of benzene rings is 1. The molecule has 2 aromatic rings. The van der Waals surface area contributed by atoms with Crippen LogP contribution in [0, 0.1) is 6.92 Å². The number of hydrogen-bond donors (Lipinski definition) is 1. The van der Waals surface area contributed by atoms with E-state index in [2.05, 4.69) is 60.1 Å². The number of amides is 1. The number of aromatic nitrogens is 1. The Morgan fingerprint density at radius 2 is 1.80 bits per heavy atom. The summed E-state index contributed by atoms with van der Waals surface area (Å²) >= 11 is 0. The van der Waals surface area contributed by atoms with Crippen LogP contribution >= 0.6 is 0 Å². The second-order valence-corrected chi connectivity index (χ2v) is 6.29. The smallest absolute Gasteiger partial charge is 0.224 e. The molecule has 0 saturated heterocycles. The van der Waals surface area contributed by atoms with Crippen LogP contribution in [0.25, 0.3) is 0 Å². The molecule has 4 heteroatoms. The summed E-state index contributed by atoms with van der Waals surface area (Å²) in [4.78, 5) is 14.5. The molecule has 1 amide bonds. The molecule has 0 bridgehead atoms. The average molecular weight is 340 g/mol. The van der Waals surface area contributed by atoms with Gasteiger partial charge in [0.25, 0.3) is 0 Å². The highest BCUT2D eigenvalue weighted by atomic mass is 16.1. The highest BCUT2D eigenvalue weighted by molar-refractivity contribution is 5.91. The molecule has 0 fully saturated rings. The number of carbonyl (C=O) groups is 1. The Kier molecular flexibility index (Phi) is 7.45. The van der Waals surface area contributed by atoms with Crippen LogP contribution in [-0.2, 0) is 11.3 Å². The highest BCUT2D eigenvalue weighted by Gasteiger charge is 2.08. The fraction of sp³-hybridized carbons (Fsp3) is 0.429. The topological polar surface area (TPSA) is 36.2 Å². The van der Waals surface area contributed by atoms with Gasteiger partial charge in [-0.25, -0.2) is 4.57 Å². The first kappa shape index (κ1) is 19.0. The lowest BCUT2D eigenvalue weighted by molar-refractivity contribution is -0.697. The molecule has 0 aliphatic rings. The van der Waals surface area contributed by atoms with Crippen molar-refractivity contribution in [3.8, 4) is 0 Å². The first-order chi connectivity index (χ1) is 12.1. The van der Waals surface area contributed by atoms with Crippen LogP contribution in [0.5, 0.6) is 0 Å². The van der Waals surface area contributed by atoms with Crippen molar-refractivity contribution in [1.82, 2.24) is 0 Å². The van der Waals surface area contributed by atoms with Crippen LogP contribution in [0.2, 0.25) is 0 Å². The van der Waals surface area contributed by atoms with Gasteiger partial charge in [-0.15, -0.1) is 0 Å². The van der Waals surface area contributed by atoms with Crippen molar-refractivity contribution in [2.45, 2.75) is 46.6 Å². The van der Waals surface area contributed by atoms with E-state index in [1.54, 1.807) is 0 Å². The van der Waals surface area contributed by atoms with E-state index in [1.165, 1.54) is 5.69 Å². The van der Waals surface area contributed by atoms with E-state index in [4.69, 9.17) is 0 Å². The molecule has 2 rings (SSSR count). The zero-order valence-electron chi connectivity index (χ0n) is 15.7. The minimum Gasteiger partial charge on any atom is -0.372 e. The Labute approximate surface area is 151 Å². The van der Waals surface area contributed by atoms with Crippen molar-refractivity contribution in [3.63, 3.8) is 0 Å². The lowest BCUT2D eigenvalue weighted by Crippen LogP contribution is -2.32. The third-order valence-electron chi connectivity index (χ3n) is 4.46. The van der Waals surface area contributed by atoms with Crippen molar-refractivity contribution in [3.05, 3.63) is 54.4 Å². The van der Waals surface area contributed by atoms with E-state index in [9.17, 15) is 4.79 Å². The maximum atomic E-state index is 12.2. The molecule has 0 spiro atoms. The molecule has 0 unspecified atom stereocenters. The minimum absolute atomic E-state index is 0.0942. The molecule has 0 aliphatic heterocycles. The third-order valence-corrected chi connectivity index (χ3v) is 4.46. The van der Waals surface area contributed by atoms with Gasteiger partial charge in [-0.05, 0) is 51.0 Å². The van der Waals surface area contributed by atoms with Gasteiger partial charge in [-0.2, -0.15) is 0 Å². The highest BCUT2D eigenvalue weighted by Crippen LogP contribution is 2.22. The van der Waals surface area contributed by atoms with Crippen molar-refractivity contribution in [2.75, 3.05) is 23.3 Å². The number of carbonyl (C=O) groups excluding carboxylic acids is 1. The van der Waals surface area contributed by atoms with Gasteiger partial charge in [0.15, 0.2) is 12.4 Å². The van der Waals surface area contributed by atoms with Gasteiger partial charge < -0.3 is 10.2 Å². The lowest BCUT2D eigenvalue weighted by atomic mass is 10.1. The van der Waals surface area contributed by atoms with Gasteiger partial charge in [0.1, 0.15) is 6.54 Å². The number of unbranched alkanes of at least 4 members (excludes halogenated alkanes) is 1. The normalized spacial score (nSPS) is 10.5. The summed E-state index contributed by atoms with van der Waals surface area (Å²) in [5, 5.41) is 3.05. The SMILES string of the molecule is CCN(CC)c1ccc(NC(=O)CCCC[n+]2ccccc2)c(C)c1. The Morgan fingerprint density at radius 3 is 2.44 bits per heavy atom. The Balaban J connectivity index is 1.80. The number of hydrogen-bond acceptors (Lipinski definition) is 2. The number of nitrogens with one attached hydrogen (secondary N) is 1. The largest absolute Gasteiger partial charge is 0.372 e. The van der Waals surface area contributed by atoms with E-state index in [-0.39, 0.29) is 5.91 Å². The van der Waals surface area contributed by atoms with Crippen LogP contribution in [0.4, 0.5) is 11.4 Å². The van der Waals surface area contributed by atoms with Crippen molar-refractivity contribution >= 4 is 17.3 Å². The summed E-state index contributed by atoms with van der Waals surface area (Å²) in [7, 11) is 0. The molecular formula is C21H30N3O+. The van der Waals surface area contributed by atoms with Crippen LogP contribution in [0.1, 0.15) is 38.7 Å². The van der Waals surface area contributed by atoms with E-state index >= 15 is 0 Å². The standard InChI is InChI=1S/C21H29N3O/c1-4-24(5-2)19-12-13-20(18(3)17-19)22-21(25)11-7-10-16-23-14-8-6-9-15-23/h6,8-9,12-15,17H,4-5,7,10-11,16H2,1-3H3/p+1. The Morgan fingerprint density at radius 1 is 1.08 bits per heavy atom. The van der Waals surface area contributed by atoms with Gasteiger partial charge in [0.05, 0.1) is 0 Å². The summed E-state index contributed by atoms with van der Waals surface area (Å²) in [5.41, 5.74) is 3.23. The molecule has 0 aliphatic carbocycles. The summed E-state index contributed by atoms with van der Waals surface area (Å²) in [5.74, 6) is 0.0942. The second-order valence-electron chi connectivity index (χ2n) is 6.29. The van der Waals surface area contributed by atoms with E-state index in [1.807, 2.05) is 24.3 Å². The van der Waals surface area contributed by atoms with E-state index < -0.39 is 0 Å². The fourth-order valence-electron chi connectivity index (χ4n) is 2.95. The number of anilines is 2. The maximum Gasteiger partial charge on any atom is 0.224 e. The molecule has 1 N–H and O–H groups in total. The van der Waals surface area contributed by atoms with Crippen LogP contribution in [0.3, 0.4) is 0 Å². The first-order valence-corrected chi connectivity index (χ1v) is 9.23. The Hall–Kier alpha value is -2.36. The number of pyridine rings is 1. The zero-order chi connectivity index (χ0) is 18.1. The number of aryl methyl sites for hydroxylation is 2. The molecule has 1 aromatic heterocycles. The zero-order valence-corrected chi connectivity index (χ0v) is 15.7. The van der Waals surface area contributed by atoms with Crippen LogP contribution in [-0.4, -0.2) is 19.0 Å². The summed E-state index contributed by atoms with van der Waals surface area (Å²) in [6.07, 6.45) is 6.57. The van der Waals surface area contributed by atoms with Gasteiger partial charge in [-0.3, -0.25) is 4.79 Å². The fourth-order valence-corrected chi connectivity index (χ4v) is 2.95. The quantitative estimate of drug-likeness (QED) is 0.554. The molecule has 4 nitrogen and oxygen atoms in total. The molecule has 1 heterocycles. The summed E-state index contributed by atoms with van der Waals surface area (Å²) < 4.78 is 2.15. The number of rotatable bonds is 9. The molecule has 134 valence electrons. The van der Waals surface area contributed by atoms with Crippen molar-refractivity contribution in [2.24, 2.45) is 0 Å². The van der Waals surface area contributed by atoms with E-state index in [0.29, 0.717) is 6.42 Å². The predicted molar refractivity (Wildman–Crippen MR) is 104 cm³/mol. The molecule has 0 radical (unpaired) electrons. The molecule has 1 aromatic carbocycles. The summed E-state index contributed by atoms with van der Waals surface area (Å²) in [6.45, 7) is 9.28. The lowest BCUT2D eigenvalue weighted by Gasteiger charge is -2.22. The number of nitrogens with zero attached hydrogens (tertiary/aromatic N) is 2. The van der Waals surface area contributed by atoms with Crippen LogP contribution in [0.15, 0.2) is 48.8 Å². The Bertz CT molecular complexity index is 666. The van der Waals surface area contributed by atoms with Gasteiger partial charge in [0, 0.05) is 49.4 Å². The van der Waals surface area contributed by atoms with Crippen molar-refractivity contribution < 1.29 is 9.36 Å². The van der Waals surface area contributed by atoms with Crippen molar-refractivity contribution in [1.29, 1.82) is 0 Å². The molecule has 25 heavy (non-hydrogen) atoms. The predicted octanol–water partition coefficient (Wildman–Crippen LogP) is 3.94. The first-order valence-electron chi connectivity index (χ1n) is 9.23. The van der Waals surface area contributed by atoms with Gasteiger partial charge >= 0.3 is 0 Å². The van der Waals surface area contributed by atoms with Gasteiger partial charge in [-0.1, -0.05) is 6.07 Å². The second kappa shape index (κ2) is 9.82. The van der Waals surface area contributed by atoms with Crippen LogP contribution < -0.4 is 14.8 Å². The average Bonchev–Trinajstić information content (AvgIpc) is 2.63. The molecule has 0 atom stereocenters. The maximum absolute atomic E-state index is 12.2.